The van der Waals surface area contributed by atoms with E-state index >= 15 is 0 Å². The lowest BCUT2D eigenvalue weighted by molar-refractivity contribution is -0.146. The molecule has 1 aromatic carbocycles. The van der Waals surface area contributed by atoms with Gasteiger partial charge in [-0.2, -0.15) is 0 Å². The standard InChI is InChI=1S/C18H27N3O2S/c1-14(24-16-7-5-4-6-8-16)13-20-18(19-2)21-11-9-15(10-12-21)17(22)23-3/h4-8,14-15H,9-13H2,1-3H3,(H,19,20). The third-order valence-electron chi connectivity index (χ3n) is 4.17. The van der Waals surface area contributed by atoms with Crippen molar-refractivity contribution in [3.05, 3.63) is 30.3 Å². The third-order valence-corrected chi connectivity index (χ3v) is 5.28. The van der Waals surface area contributed by atoms with Crippen LogP contribution in [0.3, 0.4) is 0 Å². The summed E-state index contributed by atoms with van der Waals surface area (Å²) in [5, 5.41) is 3.90. The van der Waals surface area contributed by atoms with Gasteiger partial charge in [-0.05, 0) is 25.0 Å². The average Bonchev–Trinajstić information content (AvgIpc) is 2.63. The molecule has 0 aliphatic carbocycles. The van der Waals surface area contributed by atoms with Crippen LogP contribution in [0, 0.1) is 5.92 Å². The molecule has 1 heterocycles. The maximum atomic E-state index is 11.6. The molecule has 1 aliphatic heterocycles. The monoisotopic (exact) mass is 349 g/mol. The fraction of sp³-hybridized carbons (Fsp3) is 0.556. The summed E-state index contributed by atoms with van der Waals surface area (Å²) in [6.07, 6.45) is 1.64. The van der Waals surface area contributed by atoms with Crippen LogP contribution in [0.15, 0.2) is 40.2 Å². The van der Waals surface area contributed by atoms with E-state index in [4.69, 9.17) is 4.74 Å². The number of thioether (sulfide) groups is 1. The van der Waals surface area contributed by atoms with E-state index in [9.17, 15) is 4.79 Å². The molecule has 1 aliphatic rings. The van der Waals surface area contributed by atoms with Crippen LogP contribution in [-0.4, -0.2) is 55.9 Å². The van der Waals surface area contributed by atoms with Crippen molar-refractivity contribution in [3.8, 4) is 0 Å². The number of likely N-dealkylation sites (tertiary alicyclic amines) is 1. The van der Waals surface area contributed by atoms with Gasteiger partial charge in [0.2, 0.25) is 0 Å². The van der Waals surface area contributed by atoms with Crippen LogP contribution in [0.25, 0.3) is 0 Å². The van der Waals surface area contributed by atoms with Gasteiger partial charge in [-0.3, -0.25) is 9.79 Å². The van der Waals surface area contributed by atoms with E-state index in [0.29, 0.717) is 5.25 Å². The zero-order valence-electron chi connectivity index (χ0n) is 14.7. The number of carbonyl (C=O) groups excluding carboxylic acids is 1. The minimum Gasteiger partial charge on any atom is -0.469 e. The maximum absolute atomic E-state index is 11.6. The Bertz CT molecular complexity index is 542. The summed E-state index contributed by atoms with van der Waals surface area (Å²) in [6.45, 7) is 4.73. The molecule has 0 aromatic heterocycles. The lowest BCUT2D eigenvalue weighted by atomic mass is 9.97. The quantitative estimate of drug-likeness (QED) is 0.383. The summed E-state index contributed by atoms with van der Waals surface area (Å²) in [6, 6.07) is 10.4. The molecule has 2 rings (SSSR count). The molecule has 0 radical (unpaired) electrons. The minimum absolute atomic E-state index is 0.0249. The Morgan fingerprint density at radius 3 is 2.62 bits per heavy atom. The van der Waals surface area contributed by atoms with Gasteiger partial charge in [0.1, 0.15) is 0 Å². The van der Waals surface area contributed by atoms with Gasteiger partial charge in [0.25, 0.3) is 0 Å². The van der Waals surface area contributed by atoms with Gasteiger partial charge < -0.3 is 15.0 Å². The number of nitrogens with zero attached hydrogens (tertiary/aromatic N) is 2. The summed E-state index contributed by atoms with van der Waals surface area (Å²) < 4.78 is 4.84. The molecule has 1 fully saturated rings. The van der Waals surface area contributed by atoms with Crippen molar-refractivity contribution in [1.82, 2.24) is 10.2 Å². The Balaban J connectivity index is 1.77. The van der Waals surface area contributed by atoms with Crippen molar-refractivity contribution in [1.29, 1.82) is 0 Å². The highest BCUT2D eigenvalue weighted by Crippen LogP contribution is 2.22. The van der Waals surface area contributed by atoms with E-state index in [1.54, 1.807) is 0 Å². The van der Waals surface area contributed by atoms with Crippen LogP contribution in [0.1, 0.15) is 19.8 Å². The van der Waals surface area contributed by atoms with Crippen LogP contribution >= 0.6 is 11.8 Å². The predicted octanol–water partition coefficient (Wildman–Crippen LogP) is 2.63. The Labute approximate surface area is 148 Å². The number of ether oxygens (including phenoxy) is 1. The fourth-order valence-electron chi connectivity index (χ4n) is 2.83. The van der Waals surface area contributed by atoms with Crippen molar-refractivity contribution in [2.75, 3.05) is 33.8 Å². The fourth-order valence-corrected chi connectivity index (χ4v) is 3.78. The van der Waals surface area contributed by atoms with E-state index in [1.807, 2.05) is 24.9 Å². The molecule has 0 amide bonds. The van der Waals surface area contributed by atoms with E-state index in [-0.39, 0.29) is 11.9 Å². The number of piperidine rings is 1. The first-order valence-electron chi connectivity index (χ1n) is 8.39. The van der Waals surface area contributed by atoms with Crippen LogP contribution in [0.4, 0.5) is 0 Å². The van der Waals surface area contributed by atoms with Gasteiger partial charge in [-0.15, -0.1) is 11.8 Å². The second kappa shape index (κ2) is 9.57. The topological polar surface area (TPSA) is 53.9 Å². The summed E-state index contributed by atoms with van der Waals surface area (Å²) in [7, 11) is 3.27. The Morgan fingerprint density at radius 2 is 2.04 bits per heavy atom. The first kappa shape index (κ1) is 18.6. The highest BCUT2D eigenvalue weighted by molar-refractivity contribution is 8.00. The molecule has 0 spiro atoms. The highest BCUT2D eigenvalue weighted by Gasteiger charge is 2.27. The second-order valence-corrected chi connectivity index (χ2v) is 7.47. The number of aliphatic imine (C=N–C) groups is 1. The van der Waals surface area contributed by atoms with E-state index in [0.717, 1.165) is 38.4 Å². The summed E-state index contributed by atoms with van der Waals surface area (Å²) in [4.78, 5) is 19.5. The molecule has 6 heteroatoms. The van der Waals surface area contributed by atoms with Crippen molar-refractivity contribution < 1.29 is 9.53 Å². The van der Waals surface area contributed by atoms with Crippen molar-refractivity contribution in [3.63, 3.8) is 0 Å². The molecule has 1 saturated heterocycles. The van der Waals surface area contributed by atoms with E-state index < -0.39 is 0 Å². The number of guanidine groups is 1. The third kappa shape index (κ3) is 5.44. The molecule has 5 nitrogen and oxygen atoms in total. The lowest BCUT2D eigenvalue weighted by Gasteiger charge is -2.33. The summed E-state index contributed by atoms with van der Waals surface area (Å²) in [5.41, 5.74) is 0. The highest BCUT2D eigenvalue weighted by atomic mass is 32.2. The van der Waals surface area contributed by atoms with E-state index in [1.165, 1.54) is 12.0 Å². The van der Waals surface area contributed by atoms with Gasteiger partial charge in [0.15, 0.2) is 5.96 Å². The largest absolute Gasteiger partial charge is 0.469 e. The molecule has 0 saturated carbocycles. The first-order chi connectivity index (χ1) is 11.6. The van der Waals surface area contributed by atoms with Gasteiger partial charge in [0.05, 0.1) is 13.0 Å². The number of methoxy groups -OCH3 is 1. The predicted molar refractivity (Wildman–Crippen MR) is 99.4 cm³/mol. The van der Waals surface area contributed by atoms with Gasteiger partial charge in [-0.1, -0.05) is 25.1 Å². The molecular formula is C18H27N3O2S. The zero-order valence-corrected chi connectivity index (χ0v) is 15.5. The zero-order chi connectivity index (χ0) is 17.4. The van der Waals surface area contributed by atoms with Crippen LogP contribution in [0.5, 0.6) is 0 Å². The van der Waals surface area contributed by atoms with Gasteiger partial charge in [0, 0.05) is 36.8 Å². The minimum atomic E-state index is -0.0921. The Morgan fingerprint density at radius 1 is 1.38 bits per heavy atom. The average molecular weight is 350 g/mol. The van der Waals surface area contributed by atoms with Crippen molar-refractivity contribution in [2.45, 2.75) is 29.9 Å². The SMILES string of the molecule is CN=C(NCC(C)Sc1ccccc1)N1CCC(C(=O)OC)CC1. The number of esters is 1. The molecule has 0 bridgehead atoms. The number of hydrogen-bond donors (Lipinski definition) is 1. The van der Waals surface area contributed by atoms with E-state index in [2.05, 4.69) is 46.4 Å². The van der Waals surface area contributed by atoms with Crippen molar-refractivity contribution in [2.24, 2.45) is 10.9 Å². The number of rotatable bonds is 5. The summed E-state index contributed by atoms with van der Waals surface area (Å²) in [5.74, 6) is 0.848. The first-order valence-corrected chi connectivity index (χ1v) is 9.27. The summed E-state index contributed by atoms with van der Waals surface area (Å²) >= 11 is 1.85. The molecule has 1 aromatic rings. The maximum Gasteiger partial charge on any atom is 0.308 e. The second-order valence-electron chi connectivity index (χ2n) is 5.95. The van der Waals surface area contributed by atoms with Gasteiger partial charge in [-0.25, -0.2) is 0 Å². The normalized spacial score (nSPS) is 17.5. The molecule has 1 atom stereocenters. The number of hydrogen-bond acceptors (Lipinski definition) is 4. The van der Waals surface area contributed by atoms with Crippen LogP contribution in [-0.2, 0) is 9.53 Å². The molecule has 1 N–H and O–H groups in total. The molecule has 1 unspecified atom stereocenters. The smallest absolute Gasteiger partial charge is 0.308 e. The molecular weight excluding hydrogens is 322 g/mol. The Hall–Kier alpha value is -1.69. The van der Waals surface area contributed by atoms with Crippen molar-refractivity contribution >= 4 is 23.7 Å². The molecule has 132 valence electrons. The Kier molecular flexibility index (Phi) is 7.43. The van der Waals surface area contributed by atoms with Crippen LogP contribution in [0.2, 0.25) is 0 Å². The lowest BCUT2D eigenvalue weighted by Crippen LogP contribution is -2.47. The van der Waals surface area contributed by atoms with Crippen LogP contribution < -0.4 is 5.32 Å². The number of benzene rings is 1. The molecule has 24 heavy (non-hydrogen) atoms. The number of carbonyl (C=O) groups is 1. The van der Waals surface area contributed by atoms with Gasteiger partial charge >= 0.3 is 5.97 Å². The number of nitrogens with one attached hydrogen (secondary N) is 1.